The van der Waals surface area contributed by atoms with Crippen molar-refractivity contribution in [3.63, 3.8) is 0 Å². The van der Waals surface area contributed by atoms with E-state index >= 15 is 0 Å². The molecule has 5 atom stereocenters. The molecule has 2 rings (SSSR count). The zero-order valence-corrected chi connectivity index (χ0v) is 20.7. The van der Waals surface area contributed by atoms with Crippen molar-refractivity contribution in [2.24, 2.45) is 11.8 Å². The molecule has 0 aromatic heterocycles. The second-order valence-electron chi connectivity index (χ2n) is 8.68. The summed E-state index contributed by atoms with van der Waals surface area (Å²) in [6.45, 7) is 5.59. The highest BCUT2D eigenvalue weighted by atomic mass is 32.1. The molecule has 0 fully saturated rings. The predicted octanol–water partition coefficient (Wildman–Crippen LogP) is 3.21. The summed E-state index contributed by atoms with van der Waals surface area (Å²) in [7, 11) is 0. The van der Waals surface area contributed by atoms with Gasteiger partial charge in [0.1, 0.15) is 17.8 Å². The first-order chi connectivity index (χ1) is 16.1. The van der Waals surface area contributed by atoms with Gasteiger partial charge in [0.15, 0.2) is 0 Å². The molecule has 2 aromatic carbocycles. The van der Waals surface area contributed by atoms with E-state index in [9.17, 15) is 24.6 Å². The molecule has 8 heteroatoms. The second-order valence-corrected chi connectivity index (χ2v) is 9.49. The molecule has 0 radical (unpaired) electrons. The maximum absolute atomic E-state index is 13.2. The van der Waals surface area contributed by atoms with Crippen LogP contribution in [0.1, 0.15) is 38.3 Å². The molecule has 2 amide bonds. The number of rotatable bonds is 12. The topological polar surface area (TPSA) is 116 Å². The van der Waals surface area contributed by atoms with Crippen molar-refractivity contribution in [3.8, 4) is 5.75 Å². The summed E-state index contributed by atoms with van der Waals surface area (Å²) in [5, 5.41) is 24.3. The van der Waals surface area contributed by atoms with Gasteiger partial charge in [-0.25, -0.2) is 4.79 Å². The molecule has 7 nitrogen and oxygen atoms in total. The summed E-state index contributed by atoms with van der Waals surface area (Å²) in [6.07, 6.45) is 1.14. The number of carbonyl (C=O) groups excluding carboxylic acids is 2. The Morgan fingerprint density at radius 2 is 1.47 bits per heavy atom. The lowest BCUT2D eigenvalue weighted by molar-refractivity contribution is -0.142. The van der Waals surface area contributed by atoms with Crippen LogP contribution in [-0.4, -0.2) is 45.3 Å². The SMILES string of the molecule is CCC(C)[C@H](NC(=O)C(Cc1ccccc1)C(C)S)C(=O)N[C@@H](Cc1ccc(O)cc1)C(=O)O. The molecule has 0 aliphatic heterocycles. The molecule has 0 saturated carbocycles. The van der Waals surface area contributed by atoms with Gasteiger partial charge in [-0.2, -0.15) is 12.6 Å². The van der Waals surface area contributed by atoms with E-state index < -0.39 is 29.9 Å². The number of phenolic OH excluding ortho intramolecular Hbond substituents is 1. The van der Waals surface area contributed by atoms with Crippen LogP contribution in [0.2, 0.25) is 0 Å². The van der Waals surface area contributed by atoms with Crippen LogP contribution in [0.4, 0.5) is 0 Å². The molecule has 0 saturated heterocycles. The Balaban J connectivity index is 2.15. The Bertz CT molecular complexity index is 949. The Kier molecular flexibility index (Phi) is 10.4. The van der Waals surface area contributed by atoms with E-state index in [-0.39, 0.29) is 29.2 Å². The molecule has 4 N–H and O–H groups in total. The van der Waals surface area contributed by atoms with E-state index in [1.54, 1.807) is 12.1 Å². The van der Waals surface area contributed by atoms with Crippen molar-refractivity contribution in [3.05, 3.63) is 65.7 Å². The van der Waals surface area contributed by atoms with E-state index in [0.29, 0.717) is 18.4 Å². The fourth-order valence-corrected chi connectivity index (χ4v) is 3.88. The molecule has 0 aliphatic carbocycles. The van der Waals surface area contributed by atoms with Crippen LogP contribution in [0.5, 0.6) is 5.75 Å². The Hall–Kier alpha value is -3.00. The lowest BCUT2D eigenvalue weighted by Crippen LogP contribution is -2.56. The fourth-order valence-electron chi connectivity index (χ4n) is 3.64. The quantitative estimate of drug-likeness (QED) is 0.296. The lowest BCUT2D eigenvalue weighted by Gasteiger charge is -2.28. The van der Waals surface area contributed by atoms with Gasteiger partial charge in [-0.1, -0.05) is 69.7 Å². The van der Waals surface area contributed by atoms with Gasteiger partial charge in [-0.3, -0.25) is 9.59 Å². The number of hydrogen-bond donors (Lipinski definition) is 5. The summed E-state index contributed by atoms with van der Waals surface area (Å²) < 4.78 is 0. The normalized spacial score (nSPS) is 15.4. The standard InChI is InChI=1S/C26H34N2O5S/c1-4-16(2)23(28-24(30)21(17(3)34)14-18-8-6-5-7-9-18)25(31)27-22(26(32)33)15-19-10-12-20(29)13-11-19/h5-13,16-17,21-23,29,34H,4,14-15H2,1-3H3,(H,27,31)(H,28,30)(H,32,33)/t16?,17?,21?,22-,23-/m0/s1. The molecular weight excluding hydrogens is 452 g/mol. The van der Waals surface area contributed by atoms with E-state index in [4.69, 9.17) is 0 Å². The van der Waals surface area contributed by atoms with Gasteiger partial charge in [0.2, 0.25) is 11.8 Å². The average molecular weight is 487 g/mol. The molecule has 0 heterocycles. The number of hydrogen-bond acceptors (Lipinski definition) is 5. The highest BCUT2D eigenvalue weighted by Gasteiger charge is 2.33. The Morgan fingerprint density at radius 1 is 0.882 bits per heavy atom. The van der Waals surface area contributed by atoms with Crippen molar-refractivity contribution >= 4 is 30.4 Å². The third-order valence-electron chi connectivity index (χ3n) is 6.00. The molecule has 0 spiro atoms. The van der Waals surface area contributed by atoms with E-state index in [2.05, 4.69) is 23.3 Å². The summed E-state index contributed by atoms with van der Waals surface area (Å²) >= 11 is 4.50. The minimum absolute atomic E-state index is 0.0484. The monoisotopic (exact) mass is 486 g/mol. The smallest absolute Gasteiger partial charge is 0.326 e. The average Bonchev–Trinajstić information content (AvgIpc) is 2.81. The molecule has 0 bridgehead atoms. The number of carboxylic acid groups (broad SMARTS) is 1. The van der Waals surface area contributed by atoms with Crippen molar-refractivity contribution < 1.29 is 24.6 Å². The van der Waals surface area contributed by atoms with Crippen LogP contribution >= 0.6 is 12.6 Å². The van der Waals surface area contributed by atoms with Gasteiger partial charge in [0, 0.05) is 11.7 Å². The van der Waals surface area contributed by atoms with Gasteiger partial charge < -0.3 is 20.8 Å². The first-order valence-electron chi connectivity index (χ1n) is 11.5. The third kappa shape index (κ3) is 8.09. The van der Waals surface area contributed by atoms with E-state index in [0.717, 1.165) is 5.56 Å². The van der Waals surface area contributed by atoms with Gasteiger partial charge in [0.05, 0.1) is 5.92 Å². The number of phenols is 1. The number of aromatic hydroxyl groups is 1. The molecular formula is C26H34N2O5S. The Labute approximate surface area is 206 Å². The lowest BCUT2D eigenvalue weighted by atomic mass is 9.93. The number of aliphatic carboxylic acids is 1. The van der Waals surface area contributed by atoms with Crippen molar-refractivity contribution in [2.45, 2.75) is 57.4 Å². The van der Waals surface area contributed by atoms with Gasteiger partial charge >= 0.3 is 5.97 Å². The van der Waals surface area contributed by atoms with Crippen LogP contribution in [0, 0.1) is 11.8 Å². The van der Waals surface area contributed by atoms with Crippen molar-refractivity contribution in [1.29, 1.82) is 0 Å². The molecule has 3 unspecified atom stereocenters. The number of benzene rings is 2. The first kappa shape index (κ1) is 27.2. The zero-order valence-electron chi connectivity index (χ0n) is 19.8. The highest BCUT2D eigenvalue weighted by molar-refractivity contribution is 7.81. The molecule has 34 heavy (non-hydrogen) atoms. The summed E-state index contributed by atoms with van der Waals surface area (Å²) in [5.74, 6) is -2.61. The molecule has 184 valence electrons. The van der Waals surface area contributed by atoms with Crippen LogP contribution in [0.3, 0.4) is 0 Å². The van der Waals surface area contributed by atoms with Crippen LogP contribution in [0.15, 0.2) is 54.6 Å². The van der Waals surface area contributed by atoms with E-state index in [1.807, 2.05) is 51.1 Å². The van der Waals surface area contributed by atoms with Gasteiger partial charge in [-0.05, 0) is 35.6 Å². The number of amides is 2. The fraction of sp³-hybridized carbons (Fsp3) is 0.423. The largest absolute Gasteiger partial charge is 0.508 e. The summed E-state index contributed by atoms with van der Waals surface area (Å²) in [6, 6.07) is 13.7. The highest BCUT2D eigenvalue weighted by Crippen LogP contribution is 2.19. The Morgan fingerprint density at radius 3 is 2.00 bits per heavy atom. The number of carbonyl (C=O) groups is 3. The van der Waals surface area contributed by atoms with Crippen molar-refractivity contribution in [1.82, 2.24) is 10.6 Å². The van der Waals surface area contributed by atoms with Gasteiger partial charge in [0.25, 0.3) is 0 Å². The summed E-state index contributed by atoms with van der Waals surface area (Å²) in [4.78, 5) is 38.2. The van der Waals surface area contributed by atoms with Crippen LogP contribution < -0.4 is 10.6 Å². The zero-order chi connectivity index (χ0) is 25.3. The first-order valence-corrected chi connectivity index (χ1v) is 12.0. The van der Waals surface area contributed by atoms with Crippen LogP contribution in [0.25, 0.3) is 0 Å². The molecule has 2 aromatic rings. The maximum Gasteiger partial charge on any atom is 0.326 e. The number of nitrogens with one attached hydrogen (secondary N) is 2. The number of thiol groups is 1. The summed E-state index contributed by atoms with van der Waals surface area (Å²) in [5.41, 5.74) is 1.65. The van der Waals surface area contributed by atoms with Gasteiger partial charge in [-0.15, -0.1) is 0 Å². The predicted molar refractivity (Wildman–Crippen MR) is 135 cm³/mol. The van der Waals surface area contributed by atoms with Crippen LogP contribution in [-0.2, 0) is 27.2 Å². The minimum Gasteiger partial charge on any atom is -0.508 e. The van der Waals surface area contributed by atoms with E-state index in [1.165, 1.54) is 12.1 Å². The number of carboxylic acids is 1. The third-order valence-corrected chi connectivity index (χ3v) is 6.36. The maximum atomic E-state index is 13.2. The minimum atomic E-state index is -1.18. The molecule has 0 aliphatic rings. The second kappa shape index (κ2) is 13.0. The van der Waals surface area contributed by atoms with Crippen molar-refractivity contribution in [2.75, 3.05) is 0 Å².